The van der Waals surface area contributed by atoms with E-state index in [4.69, 9.17) is 16.3 Å². The van der Waals surface area contributed by atoms with Crippen LogP contribution in [-0.4, -0.2) is 34.2 Å². The van der Waals surface area contributed by atoms with Gasteiger partial charge in [0.05, 0.1) is 12.7 Å². The second-order valence-electron chi connectivity index (χ2n) is 7.16. The molecule has 0 spiro atoms. The molecule has 1 amide bonds. The molecular formula is C24H22ClN3O2. The smallest absolute Gasteiger partial charge is 0.260 e. The number of hydrogen-bond donors (Lipinski definition) is 0. The van der Waals surface area contributed by atoms with E-state index in [0.29, 0.717) is 23.9 Å². The van der Waals surface area contributed by atoms with E-state index in [0.717, 1.165) is 16.3 Å². The van der Waals surface area contributed by atoms with Gasteiger partial charge in [-0.15, -0.1) is 0 Å². The molecule has 0 aliphatic carbocycles. The predicted molar refractivity (Wildman–Crippen MR) is 119 cm³/mol. The van der Waals surface area contributed by atoms with Gasteiger partial charge in [0.1, 0.15) is 5.75 Å². The van der Waals surface area contributed by atoms with Crippen LogP contribution in [0.1, 0.15) is 11.1 Å². The minimum Gasteiger partial charge on any atom is -0.483 e. The van der Waals surface area contributed by atoms with Crippen LogP contribution in [0.4, 0.5) is 0 Å². The summed E-state index contributed by atoms with van der Waals surface area (Å²) in [5, 5.41) is 6.85. The van der Waals surface area contributed by atoms with E-state index in [1.165, 1.54) is 5.56 Å². The summed E-state index contributed by atoms with van der Waals surface area (Å²) in [7, 11) is 1.76. The van der Waals surface area contributed by atoms with Gasteiger partial charge in [-0.3, -0.25) is 9.48 Å². The lowest BCUT2D eigenvalue weighted by Gasteiger charge is -2.17. The van der Waals surface area contributed by atoms with Gasteiger partial charge in [0.2, 0.25) is 0 Å². The van der Waals surface area contributed by atoms with Crippen molar-refractivity contribution in [3.63, 3.8) is 0 Å². The molecule has 0 saturated carbocycles. The van der Waals surface area contributed by atoms with Gasteiger partial charge in [-0.2, -0.15) is 5.10 Å². The van der Waals surface area contributed by atoms with Crippen molar-refractivity contribution in [3.05, 3.63) is 95.3 Å². The molecule has 0 fully saturated rings. The van der Waals surface area contributed by atoms with E-state index in [1.54, 1.807) is 30.3 Å². The first-order valence-corrected chi connectivity index (χ1v) is 10.1. The van der Waals surface area contributed by atoms with Crippen molar-refractivity contribution >= 4 is 28.3 Å². The second-order valence-corrected chi connectivity index (χ2v) is 7.57. The number of aromatic nitrogens is 2. The van der Waals surface area contributed by atoms with Gasteiger partial charge in [0, 0.05) is 41.1 Å². The number of rotatable bonds is 7. The van der Waals surface area contributed by atoms with E-state index in [-0.39, 0.29) is 12.5 Å². The number of fused-ring (bicyclic) bond motifs is 1. The monoisotopic (exact) mass is 419 g/mol. The lowest BCUT2D eigenvalue weighted by Crippen LogP contribution is -2.30. The minimum absolute atomic E-state index is 0.0414. The molecule has 0 saturated heterocycles. The van der Waals surface area contributed by atoms with Crippen molar-refractivity contribution < 1.29 is 9.53 Å². The Morgan fingerprint density at radius 3 is 2.53 bits per heavy atom. The average molecular weight is 420 g/mol. The Morgan fingerprint density at radius 1 is 1.00 bits per heavy atom. The fraction of sp³-hybridized carbons (Fsp3) is 0.167. The van der Waals surface area contributed by atoms with E-state index in [2.05, 4.69) is 17.2 Å². The standard InChI is InChI=1S/C24H22ClN3O2/c1-27(14-19-13-26-28(16-19)15-18-7-3-2-4-8-18)24(29)17-30-23-12-11-22(25)20-9-5-6-10-21(20)23/h2-13,16H,14-15,17H2,1H3. The predicted octanol–water partition coefficient (Wildman–Crippen LogP) is 4.78. The van der Waals surface area contributed by atoms with Crippen LogP contribution >= 0.6 is 11.6 Å². The first kappa shape index (κ1) is 20.0. The largest absolute Gasteiger partial charge is 0.483 e. The van der Waals surface area contributed by atoms with Crippen LogP contribution < -0.4 is 4.74 Å². The average Bonchev–Trinajstić information content (AvgIpc) is 3.20. The van der Waals surface area contributed by atoms with Gasteiger partial charge < -0.3 is 9.64 Å². The molecular weight excluding hydrogens is 398 g/mol. The zero-order chi connectivity index (χ0) is 20.9. The Balaban J connectivity index is 1.35. The van der Waals surface area contributed by atoms with Crippen molar-refractivity contribution in [1.29, 1.82) is 0 Å². The van der Waals surface area contributed by atoms with Crippen LogP contribution in [0.3, 0.4) is 0 Å². The van der Waals surface area contributed by atoms with Crippen molar-refractivity contribution in [2.24, 2.45) is 0 Å². The highest BCUT2D eigenvalue weighted by Crippen LogP contribution is 2.31. The van der Waals surface area contributed by atoms with Gasteiger partial charge in [-0.25, -0.2) is 0 Å². The van der Waals surface area contributed by atoms with E-state index < -0.39 is 0 Å². The van der Waals surface area contributed by atoms with Gasteiger partial charge in [0.15, 0.2) is 6.61 Å². The van der Waals surface area contributed by atoms with Crippen LogP contribution in [0.25, 0.3) is 10.8 Å². The molecule has 5 nitrogen and oxygen atoms in total. The number of nitrogens with zero attached hydrogens (tertiary/aromatic N) is 3. The maximum Gasteiger partial charge on any atom is 0.260 e. The van der Waals surface area contributed by atoms with Crippen LogP contribution in [-0.2, 0) is 17.9 Å². The van der Waals surface area contributed by atoms with Gasteiger partial charge in [-0.1, -0.05) is 66.2 Å². The van der Waals surface area contributed by atoms with Gasteiger partial charge >= 0.3 is 0 Å². The fourth-order valence-corrected chi connectivity index (χ4v) is 3.55. The number of carbonyl (C=O) groups is 1. The number of benzene rings is 3. The second kappa shape index (κ2) is 9.01. The SMILES string of the molecule is CN(Cc1cnn(Cc2ccccc2)c1)C(=O)COc1ccc(Cl)c2ccccc12. The first-order valence-electron chi connectivity index (χ1n) is 9.69. The molecule has 6 heteroatoms. The number of hydrogen-bond acceptors (Lipinski definition) is 3. The quantitative estimate of drug-likeness (QED) is 0.433. The summed E-state index contributed by atoms with van der Waals surface area (Å²) in [4.78, 5) is 14.2. The summed E-state index contributed by atoms with van der Waals surface area (Å²) in [5.74, 6) is 0.539. The number of likely N-dealkylation sites (N-methyl/N-ethyl adjacent to an activating group) is 1. The summed E-state index contributed by atoms with van der Waals surface area (Å²) in [5.41, 5.74) is 2.15. The molecule has 0 N–H and O–H groups in total. The van der Waals surface area contributed by atoms with Gasteiger partial charge in [-0.05, 0) is 17.7 Å². The van der Waals surface area contributed by atoms with Crippen molar-refractivity contribution in [3.8, 4) is 5.75 Å². The molecule has 1 aromatic heterocycles. The fourth-order valence-electron chi connectivity index (χ4n) is 3.32. The molecule has 4 rings (SSSR count). The van der Waals surface area contributed by atoms with E-state index in [9.17, 15) is 4.79 Å². The molecule has 1 heterocycles. The van der Waals surface area contributed by atoms with Crippen molar-refractivity contribution in [2.75, 3.05) is 13.7 Å². The van der Waals surface area contributed by atoms with Gasteiger partial charge in [0.25, 0.3) is 5.91 Å². The third-order valence-corrected chi connectivity index (χ3v) is 5.23. The molecule has 0 aliphatic rings. The number of amides is 1. The maximum absolute atomic E-state index is 12.6. The van der Waals surface area contributed by atoms with E-state index >= 15 is 0 Å². The maximum atomic E-state index is 12.6. The molecule has 3 aromatic carbocycles. The topological polar surface area (TPSA) is 47.4 Å². The Kier molecular flexibility index (Phi) is 6.00. The highest BCUT2D eigenvalue weighted by molar-refractivity contribution is 6.35. The highest BCUT2D eigenvalue weighted by Gasteiger charge is 2.13. The molecule has 4 aromatic rings. The number of halogens is 1. The Bertz CT molecular complexity index is 1160. The lowest BCUT2D eigenvalue weighted by atomic mass is 10.1. The molecule has 0 atom stereocenters. The van der Waals surface area contributed by atoms with Crippen LogP contribution in [0.5, 0.6) is 5.75 Å². The normalized spacial score (nSPS) is 10.9. The molecule has 0 unspecified atom stereocenters. The molecule has 0 aliphatic heterocycles. The number of ether oxygens (including phenoxy) is 1. The molecule has 0 radical (unpaired) electrons. The van der Waals surface area contributed by atoms with Crippen molar-refractivity contribution in [1.82, 2.24) is 14.7 Å². The number of carbonyl (C=O) groups excluding carboxylic acids is 1. The van der Waals surface area contributed by atoms with Crippen LogP contribution in [0, 0.1) is 0 Å². The van der Waals surface area contributed by atoms with Crippen LogP contribution in [0.2, 0.25) is 5.02 Å². The molecule has 30 heavy (non-hydrogen) atoms. The lowest BCUT2D eigenvalue weighted by molar-refractivity contribution is -0.132. The Labute approximate surface area is 180 Å². The summed E-state index contributed by atoms with van der Waals surface area (Å²) in [6.07, 6.45) is 3.75. The zero-order valence-corrected chi connectivity index (χ0v) is 17.4. The summed E-state index contributed by atoms with van der Waals surface area (Å²) >= 11 is 6.25. The highest BCUT2D eigenvalue weighted by atomic mass is 35.5. The minimum atomic E-state index is -0.107. The van der Waals surface area contributed by atoms with Crippen molar-refractivity contribution in [2.45, 2.75) is 13.1 Å². The third-order valence-electron chi connectivity index (χ3n) is 4.90. The van der Waals surface area contributed by atoms with Crippen LogP contribution in [0.15, 0.2) is 79.1 Å². The Hall–Kier alpha value is -3.31. The Morgan fingerprint density at radius 2 is 1.73 bits per heavy atom. The first-order chi connectivity index (χ1) is 14.6. The third kappa shape index (κ3) is 4.63. The molecule has 0 bridgehead atoms. The van der Waals surface area contributed by atoms with E-state index in [1.807, 2.05) is 53.3 Å². The summed E-state index contributed by atoms with van der Waals surface area (Å²) in [6, 6.07) is 21.4. The summed E-state index contributed by atoms with van der Waals surface area (Å²) in [6.45, 7) is 1.13. The summed E-state index contributed by atoms with van der Waals surface area (Å²) < 4.78 is 7.68. The zero-order valence-electron chi connectivity index (χ0n) is 16.7. The molecule has 152 valence electrons.